The molecule has 1 aromatic heterocycles. The van der Waals surface area contributed by atoms with E-state index < -0.39 is 0 Å². The largest absolute Gasteiger partial charge is 0.353 e. The van der Waals surface area contributed by atoms with Crippen LogP contribution in [0.2, 0.25) is 5.02 Å². The van der Waals surface area contributed by atoms with Crippen molar-refractivity contribution >= 4 is 41.0 Å². The van der Waals surface area contributed by atoms with Crippen LogP contribution in [0.25, 0.3) is 16.9 Å². The molecule has 0 fully saturated rings. The van der Waals surface area contributed by atoms with Gasteiger partial charge in [0.1, 0.15) is 12.4 Å². The molecule has 41 heavy (non-hydrogen) atoms. The van der Waals surface area contributed by atoms with Crippen molar-refractivity contribution in [3.8, 4) is 16.9 Å². The summed E-state index contributed by atoms with van der Waals surface area (Å²) in [5.41, 5.74) is 6.45. The third kappa shape index (κ3) is 6.20. The summed E-state index contributed by atoms with van der Waals surface area (Å²) in [7, 11) is 3.91. The monoisotopic (exact) mass is 587 g/mol. The van der Waals surface area contributed by atoms with E-state index in [1.807, 2.05) is 104 Å². The highest BCUT2D eigenvalue weighted by Crippen LogP contribution is 2.50. The summed E-state index contributed by atoms with van der Waals surface area (Å²) >= 11 is 8.29. The molecule has 4 aromatic rings. The topological polar surface area (TPSA) is 70.5 Å². The number of thioether (sulfide) groups is 1. The first-order valence-corrected chi connectivity index (χ1v) is 15.0. The van der Waals surface area contributed by atoms with Crippen LogP contribution in [0, 0.1) is 13.8 Å². The molecule has 0 spiro atoms. The molecule has 212 valence electrons. The number of carbonyl (C=O) groups excluding carboxylic acids is 2. The van der Waals surface area contributed by atoms with Crippen LogP contribution in [0.3, 0.4) is 0 Å². The quantitative estimate of drug-likeness (QED) is 0.288. The van der Waals surface area contributed by atoms with Crippen molar-refractivity contribution in [2.24, 2.45) is 0 Å². The molecule has 0 aliphatic carbocycles. The van der Waals surface area contributed by atoms with Gasteiger partial charge in [0.25, 0.3) is 0 Å². The van der Waals surface area contributed by atoms with Gasteiger partial charge in [-0.2, -0.15) is 5.10 Å². The van der Waals surface area contributed by atoms with Crippen molar-refractivity contribution < 1.29 is 9.59 Å². The van der Waals surface area contributed by atoms with E-state index in [9.17, 15) is 9.59 Å². The normalized spacial score (nSPS) is 15.1. The molecule has 0 bridgehead atoms. The van der Waals surface area contributed by atoms with Crippen LogP contribution in [0.4, 0.5) is 5.82 Å². The van der Waals surface area contributed by atoms with E-state index in [0.717, 1.165) is 39.2 Å². The summed E-state index contributed by atoms with van der Waals surface area (Å²) in [4.78, 5) is 30.7. The maximum absolute atomic E-state index is 13.9. The fourth-order valence-electron chi connectivity index (χ4n) is 5.09. The first-order chi connectivity index (χ1) is 19.7. The lowest BCUT2D eigenvalue weighted by atomic mass is 9.99. The number of carbonyl (C=O) groups is 2. The zero-order valence-electron chi connectivity index (χ0n) is 23.7. The minimum Gasteiger partial charge on any atom is -0.353 e. The maximum atomic E-state index is 13.9. The van der Waals surface area contributed by atoms with Crippen molar-refractivity contribution in [3.63, 3.8) is 0 Å². The van der Waals surface area contributed by atoms with Gasteiger partial charge in [-0.1, -0.05) is 77.8 Å². The molecule has 0 radical (unpaired) electrons. The second kappa shape index (κ2) is 12.5. The first kappa shape index (κ1) is 28.9. The lowest BCUT2D eigenvalue weighted by molar-refractivity contribution is -0.122. The van der Waals surface area contributed by atoms with Gasteiger partial charge in [0.15, 0.2) is 0 Å². The molecule has 5 rings (SSSR count). The van der Waals surface area contributed by atoms with Crippen LogP contribution >= 0.6 is 23.4 Å². The van der Waals surface area contributed by atoms with Gasteiger partial charge in [0.05, 0.1) is 22.4 Å². The summed E-state index contributed by atoms with van der Waals surface area (Å²) in [6, 6.07) is 23.9. The number of halogens is 1. The van der Waals surface area contributed by atoms with Gasteiger partial charge in [0, 0.05) is 29.2 Å². The molecule has 7 nitrogen and oxygen atoms in total. The number of anilines is 1. The predicted molar refractivity (Wildman–Crippen MR) is 168 cm³/mol. The summed E-state index contributed by atoms with van der Waals surface area (Å²) in [6.07, 6.45) is 0. The van der Waals surface area contributed by atoms with Gasteiger partial charge in [-0.15, -0.1) is 11.8 Å². The zero-order chi connectivity index (χ0) is 29.1. The second-order valence-corrected chi connectivity index (χ2v) is 12.0. The highest BCUT2D eigenvalue weighted by atomic mass is 35.5. The number of hydrogen-bond donors (Lipinski definition) is 1. The predicted octanol–water partition coefficient (Wildman–Crippen LogP) is 5.66. The number of nitrogens with one attached hydrogen (secondary N) is 1. The number of nitrogens with zero attached hydrogens (tertiary/aromatic N) is 4. The maximum Gasteiger partial charge on any atom is 0.240 e. The van der Waals surface area contributed by atoms with E-state index in [2.05, 4.69) is 11.4 Å². The average molecular weight is 588 g/mol. The summed E-state index contributed by atoms with van der Waals surface area (Å²) in [5, 5.41) is 8.49. The van der Waals surface area contributed by atoms with E-state index >= 15 is 0 Å². The Balaban J connectivity index is 1.76. The second-order valence-electron chi connectivity index (χ2n) is 10.5. The van der Waals surface area contributed by atoms with Gasteiger partial charge in [-0.05, 0) is 51.2 Å². The fraction of sp³-hybridized carbons (Fsp3) is 0.281. The van der Waals surface area contributed by atoms with E-state index in [4.69, 9.17) is 16.7 Å². The molecule has 0 saturated carbocycles. The Morgan fingerprint density at radius 2 is 1.80 bits per heavy atom. The summed E-state index contributed by atoms with van der Waals surface area (Å²) < 4.78 is 1.84. The van der Waals surface area contributed by atoms with Crippen LogP contribution < -0.4 is 10.2 Å². The molecule has 2 heterocycles. The number of aromatic nitrogens is 2. The highest BCUT2D eigenvalue weighted by Gasteiger charge is 2.38. The minimum atomic E-state index is -0.279. The first-order valence-electron chi connectivity index (χ1n) is 13.6. The Kier molecular flexibility index (Phi) is 8.82. The van der Waals surface area contributed by atoms with Crippen molar-refractivity contribution in [2.75, 3.05) is 44.4 Å². The van der Waals surface area contributed by atoms with Gasteiger partial charge >= 0.3 is 0 Å². The van der Waals surface area contributed by atoms with Gasteiger partial charge in [-0.3, -0.25) is 14.5 Å². The molecule has 1 aliphatic rings. The summed E-state index contributed by atoms with van der Waals surface area (Å²) in [6.45, 7) is 5.17. The number of hydrogen-bond acceptors (Lipinski definition) is 5. The zero-order valence-corrected chi connectivity index (χ0v) is 25.3. The molecular weight excluding hydrogens is 554 g/mol. The van der Waals surface area contributed by atoms with Crippen LogP contribution in [-0.4, -0.2) is 66.0 Å². The number of benzene rings is 3. The number of amides is 2. The molecule has 0 saturated heterocycles. The molecule has 2 amide bonds. The number of aryl methyl sites for hydroxylation is 2. The average Bonchev–Trinajstić information content (AvgIpc) is 3.26. The smallest absolute Gasteiger partial charge is 0.240 e. The van der Waals surface area contributed by atoms with E-state index in [0.29, 0.717) is 23.9 Å². The Morgan fingerprint density at radius 3 is 2.51 bits per heavy atom. The standard InChI is InChI=1S/C32H34ClN5O2S/c1-21-14-15-26(22(2)18-21)38-32-29(30(35-38)23-10-6-5-7-11-23)31(24-12-8-9-13-25(24)33)41-20-28(40)37(32)19-27(39)34-16-17-36(3)4/h5-15,18,31H,16-17,19-20H2,1-4H3,(H,34,39). The number of fused-ring (bicyclic) bond motifs is 1. The van der Waals surface area contributed by atoms with E-state index in [1.165, 1.54) is 11.8 Å². The highest BCUT2D eigenvalue weighted by molar-refractivity contribution is 8.00. The third-order valence-corrected chi connectivity index (χ3v) is 8.67. The lowest BCUT2D eigenvalue weighted by Crippen LogP contribution is -2.43. The minimum absolute atomic E-state index is 0.111. The molecule has 1 N–H and O–H groups in total. The molecule has 9 heteroatoms. The van der Waals surface area contributed by atoms with E-state index in [1.54, 1.807) is 4.90 Å². The van der Waals surface area contributed by atoms with Gasteiger partial charge in [0.2, 0.25) is 11.8 Å². The Labute approximate surface area is 250 Å². The van der Waals surface area contributed by atoms with Crippen molar-refractivity contribution in [1.29, 1.82) is 0 Å². The Bertz CT molecular complexity index is 1570. The Hall–Kier alpha value is -3.59. The number of likely N-dealkylation sites (N-methyl/N-ethyl adjacent to an activating group) is 1. The molecular formula is C32H34ClN5O2S. The van der Waals surface area contributed by atoms with Crippen LogP contribution in [-0.2, 0) is 9.59 Å². The Morgan fingerprint density at radius 1 is 1.07 bits per heavy atom. The van der Waals surface area contributed by atoms with Crippen LogP contribution in [0.5, 0.6) is 0 Å². The van der Waals surface area contributed by atoms with Crippen molar-refractivity contribution in [2.45, 2.75) is 19.1 Å². The van der Waals surface area contributed by atoms with Crippen LogP contribution in [0.1, 0.15) is 27.5 Å². The van der Waals surface area contributed by atoms with Crippen LogP contribution in [0.15, 0.2) is 72.8 Å². The molecule has 1 atom stereocenters. The molecule has 3 aromatic carbocycles. The van der Waals surface area contributed by atoms with Gasteiger partial charge < -0.3 is 10.2 Å². The molecule has 1 aliphatic heterocycles. The SMILES string of the molecule is Cc1ccc(-n2nc(-c3ccccc3)c3c2N(CC(=O)NCCN(C)C)C(=O)CSC3c2ccccc2Cl)c(C)c1. The van der Waals surface area contributed by atoms with Gasteiger partial charge in [-0.25, -0.2) is 4.68 Å². The van der Waals surface area contributed by atoms with Crippen molar-refractivity contribution in [3.05, 3.63) is 100 Å². The number of rotatable bonds is 8. The fourth-order valence-corrected chi connectivity index (χ4v) is 6.63. The third-order valence-electron chi connectivity index (χ3n) is 7.09. The van der Waals surface area contributed by atoms with E-state index in [-0.39, 0.29) is 29.4 Å². The lowest BCUT2D eigenvalue weighted by Gasteiger charge is -2.24. The summed E-state index contributed by atoms with van der Waals surface area (Å²) in [5.74, 6) is 0.413. The molecule has 1 unspecified atom stereocenters. The van der Waals surface area contributed by atoms with Crippen molar-refractivity contribution in [1.82, 2.24) is 20.0 Å².